The molecule has 2 rings (SSSR count). The average molecular weight is 319 g/mol. The van der Waals surface area contributed by atoms with Crippen molar-refractivity contribution in [1.82, 2.24) is 4.90 Å². The van der Waals surface area contributed by atoms with E-state index in [1.807, 2.05) is 0 Å². The predicted molar refractivity (Wildman–Crippen MR) is 67.2 cm³/mol. The Kier molecular flexibility index (Phi) is 3.97. The number of likely N-dealkylation sites (tertiary alicyclic amines) is 1. The maximum atomic E-state index is 13.7. The molecule has 3 nitrogen and oxygen atoms in total. The van der Waals surface area contributed by atoms with Crippen LogP contribution in [-0.2, 0) is 0 Å². The molecule has 1 atom stereocenters. The van der Waals surface area contributed by atoms with Gasteiger partial charge in [-0.3, -0.25) is 4.79 Å². The molecule has 1 heterocycles. The lowest BCUT2D eigenvalue weighted by Crippen LogP contribution is -2.45. The number of hydrogen-bond donors (Lipinski definition) is 1. The number of carbonyl (C=O) groups excluding carboxylic acids is 1. The van der Waals surface area contributed by atoms with Crippen molar-refractivity contribution in [3.63, 3.8) is 0 Å². The van der Waals surface area contributed by atoms with Gasteiger partial charge in [-0.05, 0) is 40.9 Å². The molecule has 1 aromatic rings. The van der Waals surface area contributed by atoms with Crippen LogP contribution >= 0.6 is 15.9 Å². The van der Waals surface area contributed by atoms with E-state index in [2.05, 4.69) is 15.9 Å². The van der Waals surface area contributed by atoms with Crippen LogP contribution in [0.2, 0.25) is 0 Å². The number of carbonyl (C=O) groups is 1. The Bertz CT molecular complexity index is 481. The van der Waals surface area contributed by atoms with Crippen LogP contribution < -0.4 is 5.73 Å². The third-order valence-electron chi connectivity index (χ3n) is 2.99. The fraction of sp³-hybridized carbons (Fsp3) is 0.417. The van der Waals surface area contributed by atoms with E-state index in [9.17, 15) is 13.6 Å². The van der Waals surface area contributed by atoms with Crippen LogP contribution in [0.4, 0.5) is 8.78 Å². The van der Waals surface area contributed by atoms with Crippen molar-refractivity contribution in [3.8, 4) is 0 Å². The molecule has 6 heteroatoms. The van der Waals surface area contributed by atoms with Gasteiger partial charge in [-0.25, -0.2) is 8.78 Å². The van der Waals surface area contributed by atoms with Gasteiger partial charge < -0.3 is 10.6 Å². The Hall–Kier alpha value is -1.01. The fourth-order valence-electron chi connectivity index (χ4n) is 2.05. The van der Waals surface area contributed by atoms with Gasteiger partial charge in [0.2, 0.25) is 0 Å². The summed E-state index contributed by atoms with van der Waals surface area (Å²) >= 11 is 2.87. The van der Waals surface area contributed by atoms with E-state index in [1.54, 1.807) is 0 Å². The highest BCUT2D eigenvalue weighted by atomic mass is 79.9. The standard InChI is InChI=1S/C12H13BrF2N2O/c13-9-5-10(14)8(4-11(9)15)12(18)17-3-1-2-7(16)6-17/h4-5,7H,1-3,6,16H2. The quantitative estimate of drug-likeness (QED) is 0.808. The van der Waals surface area contributed by atoms with E-state index in [0.29, 0.717) is 13.1 Å². The van der Waals surface area contributed by atoms with E-state index in [-0.39, 0.29) is 16.1 Å². The van der Waals surface area contributed by atoms with E-state index >= 15 is 0 Å². The van der Waals surface area contributed by atoms with Gasteiger partial charge in [0, 0.05) is 19.1 Å². The van der Waals surface area contributed by atoms with E-state index in [4.69, 9.17) is 5.73 Å². The molecule has 1 aliphatic heterocycles. The summed E-state index contributed by atoms with van der Waals surface area (Å²) in [7, 11) is 0. The number of piperidine rings is 1. The van der Waals surface area contributed by atoms with Crippen molar-refractivity contribution in [2.24, 2.45) is 5.73 Å². The smallest absolute Gasteiger partial charge is 0.256 e. The topological polar surface area (TPSA) is 46.3 Å². The zero-order chi connectivity index (χ0) is 13.3. The van der Waals surface area contributed by atoms with Crippen molar-refractivity contribution in [3.05, 3.63) is 33.8 Å². The largest absolute Gasteiger partial charge is 0.337 e. The predicted octanol–water partition coefficient (Wildman–Crippen LogP) is 2.29. The summed E-state index contributed by atoms with van der Waals surface area (Å²) in [6.07, 6.45) is 1.63. The molecule has 1 fully saturated rings. The number of hydrogen-bond acceptors (Lipinski definition) is 2. The Morgan fingerprint density at radius 2 is 2.11 bits per heavy atom. The minimum atomic E-state index is -0.729. The summed E-state index contributed by atoms with van der Waals surface area (Å²) in [5.74, 6) is -1.89. The molecule has 18 heavy (non-hydrogen) atoms. The molecule has 98 valence electrons. The fourth-order valence-corrected chi connectivity index (χ4v) is 2.37. The molecule has 1 saturated heterocycles. The van der Waals surface area contributed by atoms with Gasteiger partial charge >= 0.3 is 0 Å². The molecule has 0 saturated carbocycles. The number of benzene rings is 1. The first-order valence-corrected chi connectivity index (χ1v) is 6.47. The number of rotatable bonds is 1. The van der Waals surface area contributed by atoms with Crippen molar-refractivity contribution in [2.75, 3.05) is 13.1 Å². The average Bonchev–Trinajstić information content (AvgIpc) is 2.33. The van der Waals surface area contributed by atoms with Crippen LogP contribution in [0.3, 0.4) is 0 Å². The second kappa shape index (κ2) is 5.32. The van der Waals surface area contributed by atoms with E-state index < -0.39 is 17.5 Å². The third kappa shape index (κ3) is 2.70. The monoisotopic (exact) mass is 318 g/mol. The number of nitrogens with zero attached hydrogens (tertiary/aromatic N) is 1. The van der Waals surface area contributed by atoms with Gasteiger partial charge in [0.25, 0.3) is 5.91 Å². The molecule has 1 aliphatic rings. The van der Waals surface area contributed by atoms with Crippen LogP contribution in [0, 0.1) is 11.6 Å². The first-order chi connectivity index (χ1) is 8.49. The maximum Gasteiger partial charge on any atom is 0.256 e. The minimum Gasteiger partial charge on any atom is -0.337 e. The molecule has 1 aromatic carbocycles. The summed E-state index contributed by atoms with van der Waals surface area (Å²) in [4.78, 5) is 13.6. The molecule has 0 radical (unpaired) electrons. The van der Waals surface area contributed by atoms with Crippen molar-refractivity contribution in [2.45, 2.75) is 18.9 Å². The van der Waals surface area contributed by atoms with Crippen LogP contribution in [0.15, 0.2) is 16.6 Å². The van der Waals surface area contributed by atoms with Crippen LogP contribution in [0.5, 0.6) is 0 Å². The highest BCUT2D eigenvalue weighted by molar-refractivity contribution is 9.10. The highest BCUT2D eigenvalue weighted by Gasteiger charge is 2.25. The normalized spacial score (nSPS) is 20.0. The number of amides is 1. The van der Waals surface area contributed by atoms with Crippen LogP contribution in [0.1, 0.15) is 23.2 Å². The second-order valence-corrected chi connectivity index (χ2v) is 5.25. The molecular formula is C12H13BrF2N2O. The lowest BCUT2D eigenvalue weighted by molar-refractivity contribution is 0.0703. The molecule has 1 amide bonds. The lowest BCUT2D eigenvalue weighted by Gasteiger charge is -2.30. The molecule has 2 N–H and O–H groups in total. The molecule has 1 unspecified atom stereocenters. The Balaban J connectivity index is 2.25. The van der Waals surface area contributed by atoms with Crippen molar-refractivity contribution in [1.29, 1.82) is 0 Å². The summed E-state index contributed by atoms with van der Waals surface area (Å²) in [5.41, 5.74) is 5.52. The summed E-state index contributed by atoms with van der Waals surface area (Å²) in [5, 5.41) is 0. The molecular weight excluding hydrogens is 306 g/mol. The summed E-state index contributed by atoms with van der Waals surface area (Å²) in [6, 6.07) is 1.79. The molecule has 0 aliphatic carbocycles. The molecule has 0 bridgehead atoms. The van der Waals surface area contributed by atoms with Crippen LogP contribution in [0.25, 0.3) is 0 Å². The highest BCUT2D eigenvalue weighted by Crippen LogP contribution is 2.22. The van der Waals surface area contributed by atoms with Gasteiger partial charge in [0.05, 0.1) is 10.0 Å². The first kappa shape index (κ1) is 13.4. The molecule has 0 spiro atoms. The SMILES string of the molecule is NC1CCCN(C(=O)c2cc(F)c(Br)cc2F)C1. The third-order valence-corrected chi connectivity index (χ3v) is 3.59. The van der Waals surface area contributed by atoms with E-state index in [0.717, 1.165) is 25.0 Å². The van der Waals surface area contributed by atoms with Crippen molar-refractivity contribution < 1.29 is 13.6 Å². The van der Waals surface area contributed by atoms with E-state index in [1.165, 1.54) is 4.90 Å². The summed E-state index contributed by atoms with van der Waals surface area (Å²) in [6.45, 7) is 0.916. The lowest BCUT2D eigenvalue weighted by atomic mass is 10.1. The zero-order valence-corrected chi connectivity index (χ0v) is 11.2. The maximum absolute atomic E-state index is 13.7. The van der Waals surface area contributed by atoms with Gasteiger partial charge in [0.1, 0.15) is 11.6 Å². The number of nitrogens with two attached hydrogens (primary N) is 1. The Labute approximate surface area is 112 Å². The Morgan fingerprint density at radius 1 is 1.39 bits per heavy atom. The van der Waals surface area contributed by atoms with Gasteiger partial charge in [-0.1, -0.05) is 0 Å². The summed E-state index contributed by atoms with van der Waals surface area (Å²) < 4.78 is 27.0. The van der Waals surface area contributed by atoms with Gasteiger partial charge in [-0.2, -0.15) is 0 Å². The minimum absolute atomic E-state index is 0.00638. The van der Waals surface area contributed by atoms with Crippen molar-refractivity contribution >= 4 is 21.8 Å². The van der Waals surface area contributed by atoms with Gasteiger partial charge in [-0.15, -0.1) is 0 Å². The zero-order valence-electron chi connectivity index (χ0n) is 9.63. The van der Waals surface area contributed by atoms with Crippen LogP contribution in [-0.4, -0.2) is 29.9 Å². The Morgan fingerprint density at radius 3 is 2.78 bits per heavy atom. The first-order valence-electron chi connectivity index (χ1n) is 5.68. The molecule has 0 aromatic heterocycles. The number of halogens is 3. The second-order valence-electron chi connectivity index (χ2n) is 4.40. The van der Waals surface area contributed by atoms with Gasteiger partial charge in [0.15, 0.2) is 0 Å².